The summed E-state index contributed by atoms with van der Waals surface area (Å²) in [5, 5.41) is 0.486. The maximum atomic E-state index is 12.8. The van der Waals surface area contributed by atoms with Crippen molar-refractivity contribution < 1.29 is 14.3 Å². The van der Waals surface area contributed by atoms with Crippen LogP contribution in [0.2, 0.25) is 0 Å². The fourth-order valence-corrected chi connectivity index (χ4v) is 4.09. The van der Waals surface area contributed by atoms with Gasteiger partial charge in [-0.2, -0.15) is 0 Å². The van der Waals surface area contributed by atoms with E-state index in [1.54, 1.807) is 31.3 Å². The standard InChI is InChI=1S/C27H29N3O4/c1-2-33-27(32)22-18-30(24-8-4-3-7-21(24)26(22)31)17-19-10-12-20(13-11-19)23(14-15-28)29-25-9-5-6-16-34-25/h3-4,7-8,10-15,18,25H,2,5-6,9,16-17,28H2,1H3. The minimum absolute atomic E-state index is 0.0344. The Morgan fingerprint density at radius 2 is 2.00 bits per heavy atom. The van der Waals surface area contributed by atoms with Gasteiger partial charge in [-0.1, -0.05) is 36.4 Å². The molecule has 7 heteroatoms. The van der Waals surface area contributed by atoms with Crippen LogP contribution in [0.3, 0.4) is 0 Å². The number of ether oxygens (including phenoxy) is 2. The summed E-state index contributed by atoms with van der Waals surface area (Å²) in [6.45, 7) is 3.14. The van der Waals surface area contributed by atoms with Gasteiger partial charge in [0.2, 0.25) is 5.43 Å². The van der Waals surface area contributed by atoms with Crippen molar-refractivity contribution >= 4 is 22.6 Å². The molecule has 4 rings (SSSR count). The van der Waals surface area contributed by atoms with Crippen LogP contribution in [0.1, 0.15) is 47.7 Å². The quantitative estimate of drug-likeness (QED) is 0.425. The van der Waals surface area contributed by atoms with Gasteiger partial charge in [0.05, 0.1) is 17.8 Å². The average Bonchev–Trinajstić information content (AvgIpc) is 2.87. The lowest BCUT2D eigenvalue weighted by Gasteiger charge is -2.20. The molecule has 1 saturated heterocycles. The van der Waals surface area contributed by atoms with Gasteiger partial charge in [-0.3, -0.25) is 9.79 Å². The second-order valence-corrected chi connectivity index (χ2v) is 8.13. The molecule has 3 aromatic rings. The monoisotopic (exact) mass is 459 g/mol. The lowest BCUT2D eigenvalue weighted by atomic mass is 10.1. The van der Waals surface area contributed by atoms with E-state index in [4.69, 9.17) is 20.2 Å². The third kappa shape index (κ3) is 5.26. The summed E-state index contributed by atoms with van der Waals surface area (Å²) in [7, 11) is 0. The summed E-state index contributed by atoms with van der Waals surface area (Å²) in [4.78, 5) is 30.0. The van der Waals surface area contributed by atoms with Crippen LogP contribution in [0, 0.1) is 0 Å². The number of carbonyl (C=O) groups excluding carboxylic acids is 1. The largest absolute Gasteiger partial charge is 0.462 e. The van der Waals surface area contributed by atoms with Crippen molar-refractivity contribution in [3.63, 3.8) is 0 Å². The van der Waals surface area contributed by atoms with Crippen molar-refractivity contribution in [3.8, 4) is 0 Å². The highest BCUT2D eigenvalue weighted by molar-refractivity contribution is 6.08. The molecule has 1 atom stereocenters. The molecule has 0 radical (unpaired) electrons. The summed E-state index contributed by atoms with van der Waals surface area (Å²) in [6, 6.07) is 15.3. The summed E-state index contributed by atoms with van der Waals surface area (Å²) < 4.78 is 12.8. The lowest BCUT2D eigenvalue weighted by molar-refractivity contribution is 0.0224. The van der Waals surface area contributed by atoms with Crippen LogP contribution in [-0.2, 0) is 16.0 Å². The predicted octanol–water partition coefficient (Wildman–Crippen LogP) is 4.01. The molecule has 0 saturated carbocycles. The minimum Gasteiger partial charge on any atom is -0.462 e. The van der Waals surface area contributed by atoms with Gasteiger partial charge in [-0.25, -0.2) is 4.79 Å². The first-order valence-electron chi connectivity index (χ1n) is 11.6. The number of rotatable bonds is 7. The van der Waals surface area contributed by atoms with E-state index in [0.29, 0.717) is 11.9 Å². The molecule has 1 aliphatic rings. The zero-order valence-electron chi connectivity index (χ0n) is 19.3. The number of aliphatic imine (C=N–C) groups is 1. The summed E-state index contributed by atoms with van der Waals surface area (Å²) in [5.41, 5.74) is 8.86. The second kappa shape index (κ2) is 10.9. The van der Waals surface area contributed by atoms with Crippen LogP contribution in [0.5, 0.6) is 0 Å². The van der Waals surface area contributed by atoms with Gasteiger partial charge in [0.15, 0.2) is 0 Å². The van der Waals surface area contributed by atoms with Gasteiger partial charge in [0.1, 0.15) is 11.8 Å². The topological polar surface area (TPSA) is 95.9 Å². The van der Waals surface area contributed by atoms with E-state index in [9.17, 15) is 9.59 Å². The zero-order chi connectivity index (χ0) is 23.9. The maximum Gasteiger partial charge on any atom is 0.343 e. The highest BCUT2D eigenvalue weighted by atomic mass is 16.5. The molecule has 1 aromatic heterocycles. The van der Waals surface area contributed by atoms with Crippen molar-refractivity contribution in [2.45, 2.75) is 39.0 Å². The van der Waals surface area contributed by atoms with Crippen LogP contribution < -0.4 is 11.2 Å². The molecule has 176 valence electrons. The molecule has 0 bridgehead atoms. The smallest absolute Gasteiger partial charge is 0.343 e. The fourth-order valence-electron chi connectivity index (χ4n) is 4.09. The number of fused-ring (bicyclic) bond motifs is 1. The number of nitrogens with zero attached hydrogens (tertiary/aromatic N) is 2. The van der Waals surface area contributed by atoms with Gasteiger partial charge in [-0.05, 0) is 61.7 Å². The Bertz CT molecular complexity index is 1270. The molecule has 1 fully saturated rings. The van der Waals surface area contributed by atoms with Crippen molar-refractivity contribution in [2.75, 3.05) is 13.2 Å². The Hall–Kier alpha value is -3.71. The Labute approximate surface area is 198 Å². The third-order valence-corrected chi connectivity index (χ3v) is 5.78. The number of para-hydroxylation sites is 1. The number of aromatic nitrogens is 1. The molecule has 2 aromatic carbocycles. The van der Waals surface area contributed by atoms with E-state index in [0.717, 1.165) is 48.2 Å². The van der Waals surface area contributed by atoms with Crippen LogP contribution in [0.15, 0.2) is 76.8 Å². The Morgan fingerprint density at radius 3 is 2.71 bits per heavy atom. The number of allylic oxidation sites excluding steroid dienone is 1. The number of hydrogen-bond acceptors (Lipinski definition) is 6. The van der Waals surface area contributed by atoms with E-state index in [2.05, 4.69) is 0 Å². The number of pyridine rings is 1. The zero-order valence-corrected chi connectivity index (χ0v) is 19.3. The summed E-state index contributed by atoms with van der Waals surface area (Å²) in [5.74, 6) is -0.610. The predicted molar refractivity (Wildman–Crippen MR) is 133 cm³/mol. The number of benzene rings is 2. The molecule has 0 aliphatic carbocycles. The van der Waals surface area contributed by atoms with E-state index in [1.807, 2.05) is 41.0 Å². The van der Waals surface area contributed by atoms with Gasteiger partial charge >= 0.3 is 5.97 Å². The van der Waals surface area contributed by atoms with Crippen LogP contribution in [0.25, 0.3) is 10.9 Å². The normalized spacial score (nSPS) is 16.7. The maximum absolute atomic E-state index is 12.8. The van der Waals surface area contributed by atoms with Crippen molar-refractivity contribution in [3.05, 3.63) is 93.9 Å². The minimum atomic E-state index is -0.610. The molecule has 0 amide bonds. The average molecular weight is 460 g/mol. The number of hydrogen-bond donors (Lipinski definition) is 1. The van der Waals surface area contributed by atoms with E-state index in [1.165, 1.54) is 6.20 Å². The van der Waals surface area contributed by atoms with Crippen LogP contribution >= 0.6 is 0 Å². The first kappa shape index (κ1) is 23.4. The van der Waals surface area contributed by atoms with Gasteiger partial charge in [0.25, 0.3) is 0 Å². The first-order chi connectivity index (χ1) is 16.6. The molecule has 34 heavy (non-hydrogen) atoms. The molecule has 0 spiro atoms. The second-order valence-electron chi connectivity index (χ2n) is 8.13. The fraction of sp³-hybridized carbons (Fsp3) is 0.296. The van der Waals surface area contributed by atoms with Crippen LogP contribution in [0.4, 0.5) is 0 Å². The van der Waals surface area contributed by atoms with Gasteiger partial charge < -0.3 is 19.8 Å². The van der Waals surface area contributed by atoms with Gasteiger partial charge in [0, 0.05) is 24.7 Å². The van der Waals surface area contributed by atoms with Crippen molar-refractivity contribution in [1.29, 1.82) is 0 Å². The van der Waals surface area contributed by atoms with E-state index >= 15 is 0 Å². The number of esters is 1. The number of carbonyl (C=O) groups is 1. The Morgan fingerprint density at radius 1 is 1.21 bits per heavy atom. The molecular formula is C27H29N3O4. The number of nitrogens with two attached hydrogens (primary N) is 1. The molecule has 2 N–H and O–H groups in total. The van der Waals surface area contributed by atoms with E-state index in [-0.39, 0.29) is 23.8 Å². The Kier molecular flexibility index (Phi) is 7.54. The highest BCUT2D eigenvalue weighted by Crippen LogP contribution is 2.18. The molecule has 1 unspecified atom stereocenters. The molecule has 2 heterocycles. The highest BCUT2D eigenvalue weighted by Gasteiger charge is 2.17. The van der Waals surface area contributed by atoms with E-state index < -0.39 is 5.97 Å². The lowest BCUT2D eigenvalue weighted by Crippen LogP contribution is -2.21. The third-order valence-electron chi connectivity index (χ3n) is 5.78. The van der Waals surface area contributed by atoms with Crippen molar-refractivity contribution in [1.82, 2.24) is 4.57 Å². The summed E-state index contributed by atoms with van der Waals surface area (Å²) >= 11 is 0. The Balaban J connectivity index is 1.65. The first-order valence-corrected chi connectivity index (χ1v) is 11.6. The molecule has 7 nitrogen and oxygen atoms in total. The van der Waals surface area contributed by atoms with Crippen molar-refractivity contribution in [2.24, 2.45) is 10.7 Å². The summed E-state index contributed by atoms with van der Waals surface area (Å²) in [6.07, 6.45) is 7.79. The SMILES string of the molecule is CCOC(=O)c1cn(Cc2ccc(C(C=CN)=NC3CCCCO3)cc2)c2ccccc2c1=O. The molecule has 1 aliphatic heterocycles. The van der Waals surface area contributed by atoms with Crippen LogP contribution in [-0.4, -0.2) is 35.7 Å². The van der Waals surface area contributed by atoms with Gasteiger partial charge in [-0.15, -0.1) is 0 Å². The molecular weight excluding hydrogens is 430 g/mol.